The standard InChI is InChI=1S/C18H20N4O4/c1-10(17(19)23)21-18(24)16-11(2)26-15-5-4-13(8-14(15)16)25-9-12-6-7-20-22(12)3/h4-8,10H,9H2,1-3H3,(H2,19,23)(H,21,24). The number of ether oxygens (including phenoxy) is 1. The van der Waals surface area contributed by atoms with Crippen molar-refractivity contribution >= 4 is 22.8 Å². The van der Waals surface area contributed by atoms with E-state index in [0.717, 1.165) is 5.69 Å². The van der Waals surface area contributed by atoms with Crippen LogP contribution in [-0.4, -0.2) is 27.6 Å². The summed E-state index contributed by atoms with van der Waals surface area (Å²) in [5.41, 5.74) is 7.05. The molecule has 1 atom stereocenters. The van der Waals surface area contributed by atoms with E-state index in [1.54, 1.807) is 36.0 Å². The van der Waals surface area contributed by atoms with Gasteiger partial charge < -0.3 is 20.2 Å². The van der Waals surface area contributed by atoms with E-state index in [0.29, 0.717) is 34.6 Å². The number of nitrogens with one attached hydrogen (secondary N) is 1. The number of carbonyl (C=O) groups is 2. The summed E-state index contributed by atoms with van der Waals surface area (Å²) in [6.45, 7) is 3.57. The van der Waals surface area contributed by atoms with E-state index in [1.165, 1.54) is 6.92 Å². The summed E-state index contributed by atoms with van der Waals surface area (Å²) in [6, 6.07) is 6.34. The molecular formula is C18H20N4O4. The molecule has 2 heterocycles. The van der Waals surface area contributed by atoms with Crippen molar-refractivity contribution in [1.29, 1.82) is 0 Å². The van der Waals surface area contributed by atoms with Crippen molar-refractivity contribution < 1.29 is 18.7 Å². The third-order valence-corrected chi connectivity index (χ3v) is 4.15. The number of benzene rings is 1. The first-order valence-electron chi connectivity index (χ1n) is 8.10. The van der Waals surface area contributed by atoms with Crippen molar-refractivity contribution in [3.63, 3.8) is 0 Å². The molecule has 0 bridgehead atoms. The number of amides is 2. The third-order valence-electron chi connectivity index (χ3n) is 4.15. The second-order valence-corrected chi connectivity index (χ2v) is 6.02. The molecule has 3 aromatic rings. The predicted molar refractivity (Wildman–Crippen MR) is 94.6 cm³/mol. The van der Waals surface area contributed by atoms with Crippen LogP contribution in [0.3, 0.4) is 0 Å². The van der Waals surface area contributed by atoms with Gasteiger partial charge in [0.05, 0.1) is 11.3 Å². The van der Waals surface area contributed by atoms with Crippen molar-refractivity contribution in [2.75, 3.05) is 0 Å². The van der Waals surface area contributed by atoms with Gasteiger partial charge in [0.2, 0.25) is 5.91 Å². The minimum absolute atomic E-state index is 0.346. The van der Waals surface area contributed by atoms with Gasteiger partial charge in [-0.05, 0) is 38.1 Å². The lowest BCUT2D eigenvalue weighted by molar-refractivity contribution is -0.119. The van der Waals surface area contributed by atoms with Crippen LogP contribution in [-0.2, 0) is 18.4 Å². The lowest BCUT2D eigenvalue weighted by Gasteiger charge is -2.10. The Morgan fingerprint density at radius 3 is 2.81 bits per heavy atom. The Balaban J connectivity index is 1.87. The minimum atomic E-state index is -0.781. The molecule has 0 spiro atoms. The minimum Gasteiger partial charge on any atom is -0.487 e. The summed E-state index contributed by atoms with van der Waals surface area (Å²) in [6.07, 6.45) is 1.70. The summed E-state index contributed by atoms with van der Waals surface area (Å²) in [4.78, 5) is 23.7. The zero-order valence-corrected chi connectivity index (χ0v) is 14.8. The lowest BCUT2D eigenvalue weighted by Crippen LogP contribution is -2.42. The van der Waals surface area contributed by atoms with E-state index in [2.05, 4.69) is 10.4 Å². The van der Waals surface area contributed by atoms with Crippen LogP contribution in [0.5, 0.6) is 5.75 Å². The maximum atomic E-state index is 12.5. The Labute approximate surface area is 149 Å². The van der Waals surface area contributed by atoms with Crippen LogP contribution in [0.4, 0.5) is 0 Å². The summed E-state index contributed by atoms with van der Waals surface area (Å²) in [7, 11) is 1.84. The molecule has 0 radical (unpaired) electrons. The van der Waals surface area contributed by atoms with Gasteiger partial charge in [-0.2, -0.15) is 5.10 Å². The van der Waals surface area contributed by atoms with Gasteiger partial charge in [-0.25, -0.2) is 0 Å². The van der Waals surface area contributed by atoms with Crippen LogP contribution in [0.25, 0.3) is 11.0 Å². The highest BCUT2D eigenvalue weighted by Gasteiger charge is 2.21. The molecule has 0 saturated carbocycles. The summed E-state index contributed by atoms with van der Waals surface area (Å²) in [5.74, 6) is 0.0230. The van der Waals surface area contributed by atoms with Gasteiger partial charge in [0.25, 0.3) is 5.91 Å². The largest absolute Gasteiger partial charge is 0.487 e. The summed E-state index contributed by atoms with van der Waals surface area (Å²) < 4.78 is 13.2. The maximum Gasteiger partial charge on any atom is 0.256 e. The zero-order chi connectivity index (χ0) is 18.8. The Kier molecular flexibility index (Phi) is 4.66. The number of fused-ring (bicyclic) bond motifs is 1. The molecule has 3 N–H and O–H groups in total. The number of aromatic nitrogens is 2. The first-order valence-corrected chi connectivity index (χ1v) is 8.10. The van der Waals surface area contributed by atoms with Crippen molar-refractivity contribution in [3.05, 3.63) is 47.5 Å². The molecular weight excluding hydrogens is 336 g/mol. The number of hydrogen-bond donors (Lipinski definition) is 2. The second-order valence-electron chi connectivity index (χ2n) is 6.02. The zero-order valence-electron chi connectivity index (χ0n) is 14.8. The van der Waals surface area contributed by atoms with E-state index in [4.69, 9.17) is 14.9 Å². The second kappa shape index (κ2) is 6.91. The van der Waals surface area contributed by atoms with Gasteiger partial charge in [-0.1, -0.05) is 0 Å². The monoisotopic (exact) mass is 356 g/mol. The topological polar surface area (TPSA) is 112 Å². The van der Waals surface area contributed by atoms with E-state index in [9.17, 15) is 9.59 Å². The molecule has 0 aliphatic rings. The molecule has 0 saturated heterocycles. The third kappa shape index (κ3) is 3.39. The number of carbonyl (C=O) groups excluding carboxylic acids is 2. The van der Waals surface area contributed by atoms with Crippen LogP contribution in [0, 0.1) is 6.92 Å². The molecule has 1 aromatic carbocycles. The number of rotatable bonds is 6. The molecule has 8 heteroatoms. The fraction of sp³-hybridized carbons (Fsp3) is 0.278. The molecule has 26 heavy (non-hydrogen) atoms. The Hall–Kier alpha value is -3.29. The SMILES string of the molecule is Cc1oc2ccc(OCc3ccnn3C)cc2c1C(=O)NC(C)C(N)=O. The van der Waals surface area contributed by atoms with Gasteiger partial charge in [0.15, 0.2) is 0 Å². The summed E-state index contributed by atoms with van der Waals surface area (Å²) in [5, 5.41) is 7.27. The van der Waals surface area contributed by atoms with Crippen LogP contribution < -0.4 is 15.8 Å². The first kappa shape index (κ1) is 17.5. The highest BCUT2D eigenvalue weighted by atomic mass is 16.5. The summed E-state index contributed by atoms with van der Waals surface area (Å²) >= 11 is 0. The van der Waals surface area contributed by atoms with Gasteiger partial charge in [0.1, 0.15) is 29.7 Å². The van der Waals surface area contributed by atoms with E-state index in [-0.39, 0.29) is 0 Å². The van der Waals surface area contributed by atoms with Crippen LogP contribution in [0.15, 0.2) is 34.9 Å². The Morgan fingerprint density at radius 2 is 2.15 bits per heavy atom. The fourth-order valence-electron chi connectivity index (χ4n) is 2.61. The van der Waals surface area contributed by atoms with Gasteiger partial charge in [-0.3, -0.25) is 14.3 Å². The van der Waals surface area contributed by atoms with Crippen molar-refractivity contribution in [2.45, 2.75) is 26.5 Å². The number of nitrogens with zero attached hydrogens (tertiary/aromatic N) is 2. The number of aryl methyl sites for hydroxylation is 2. The van der Waals surface area contributed by atoms with Crippen LogP contribution >= 0.6 is 0 Å². The van der Waals surface area contributed by atoms with Crippen LogP contribution in [0.2, 0.25) is 0 Å². The molecule has 136 valence electrons. The van der Waals surface area contributed by atoms with Crippen molar-refractivity contribution in [2.24, 2.45) is 12.8 Å². The van der Waals surface area contributed by atoms with Gasteiger partial charge in [0, 0.05) is 18.6 Å². The number of hydrogen-bond acceptors (Lipinski definition) is 5. The predicted octanol–water partition coefficient (Wildman–Crippen LogP) is 1.66. The lowest BCUT2D eigenvalue weighted by atomic mass is 10.1. The Morgan fingerprint density at radius 1 is 1.38 bits per heavy atom. The van der Waals surface area contributed by atoms with Crippen LogP contribution in [0.1, 0.15) is 28.7 Å². The molecule has 1 unspecified atom stereocenters. The molecule has 0 aliphatic heterocycles. The molecule has 8 nitrogen and oxygen atoms in total. The number of primary amides is 1. The average molecular weight is 356 g/mol. The quantitative estimate of drug-likeness (QED) is 0.697. The normalized spacial score (nSPS) is 12.1. The molecule has 2 amide bonds. The average Bonchev–Trinajstić information content (AvgIpc) is 3.14. The van der Waals surface area contributed by atoms with E-state index < -0.39 is 17.9 Å². The highest BCUT2D eigenvalue weighted by molar-refractivity contribution is 6.08. The number of furan rings is 1. The number of nitrogens with two attached hydrogens (primary N) is 1. The molecule has 3 rings (SSSR count). The van der Waals surface area contributed by atoms with E-state index in [1.807, 2.05) is 13.1 Å². The van der Waals surface area contributed by atoms with Crippen molar-refractivity contribution in [1.82, 2.24) is 15.1 Å². The van der Waals surface area contributed by atoms with E-state index >= 15 is 0 Å². The highest BCUT2D eigenvalue weighted by Crippen LogP contribution is 2.29. The Bertz CT molecular complexity index is 973. The smallest absolute Gasteiger partial charge is 0.256 e. The molecule has 2 aromatic heterocycles. The first-order chi connectivity index (χ1) is 12.4. The molecule has 0 aliphatic carbocycles. The van der Waals surface area contributed by atoms with Gasteiger partial charge in [-0.15, -0.1) is 0 Å². The van der Waals surface area contributed by atoms with Gasteiger partial charge >= 0.3 is 0 Å². The molecule has 0 fully saturated rings. The fourth-order valence-corrected chi connectivity index (χ4v) is 2.61. The van der Waals surface area contributed by atoms with Crippen molar-refractivity contribution in [3.8, 4) is 5.75 Å². The maximum absolute atomic E-state index is 12.5.